The number of rotatable bonds is 2. The van der Waals surface area contributed by atoms with Gasteiger partial charge in [-0.1, -0.05) is 6.07 Å². The molecule has 18 heavy (non-hydrogen) atoms. The molecule has 4 nitrogen and oxygen atoms in total. The van der Waals surface area contributed by atoms with Gasteiger partial charge in [-0.2, -0.15) is 0 Å². The second kappa shape index (κ2) is 3.73. The summed E-state index contributed by atoms with van der Waals surface area (Å²) < 4.78 is 13.8. The summed E-state index contributed by atoms with van der Waals surface area (Å²) in [6.07, 6.45) is 1.66. The maximum absolute atomic E-state index is 13.8. The zero-order valence-corrected chi connectivity index (χ0v) is 9.20. The summed E-state index contributed by atoms with van der Waals surface area (Å²) in [5.74, 6) is -1.38. The molecule has 0 saturated heterocycles. The number of carboxylic acid groups (broad SMARTS) is 1. The van der Waals surface area contributed by atoms with Crippen LogP contribution in [0.4, 0.5) is 4.39 Å². The van der Waals surface area contributed by atoms with E-state index in [1.807, 2.05) is 0 Å². The van der Waals surface area contributed by atoms with Crippen molar-refractivity contribution in [1.29, 1.82) is 0 Å². The molecule has 0 fully saturated rings. The molecular formula is C13H9FN2O2. The van der Waals surface area contributed by atoms with Gasteiger partial charge in [0.15, 0.2) is 0 Å². The lowest BCUT2D eigenvalue weighted by Crippen LogP contribution is -1.95. The number of benzene rings is 1. The Labute approximate surface area is 101 Å². The second-order valence-corrected chi connectivity index (χ2v) is 3.96. The molecule has 0 aliphatic heterocycles. The number of aromatic carboxylic acids is 1. The minimum Gasteiger partial charge on any atom is -0.477 e. The number of nitrogens with one attached hydrogen (secondary N) is 2. The van der Waals surface area contributed by atoms with E-state index in [1.165, 1.54) is 12.1 Å². The van der Waals surface area contributed by atoms with Gasteiger partial charge in [-0.05, 0) is 24.3 Å². The number of aromatic nitrogens is 2. The van der Waals surface area contributed by atoms with Crippen molar-refractivity contribution in [1.82, 2.24) is 9.97 Å². The van der Waals surface area contributed by atoms with E-state index in [-0.39, 0.29) is 11.5 Å². The third-order valence-electron chi connectivity index (χ3n) is 2.86. The Morgan fingerprint density at radius 2 is 2.06 bits per heavy atom. The fourth-order valence-corrected chi connectivity index (χ4v) is 2.03. The first kappa shape index (κ1) is 10.6. The fraction of sp³-hybridized carbons (Fsp3) is 0. The molecule has 3 rings (SSSR count). The zero-order chi connectivity index (χ0) is 12.7. The van der Waals surface area contributed by atoms with Crippen LogP contribution in [0.15, 0.2) is 36.5 Å². The average Bonchev–Trinajstić information content (AvgIpc) is 2.94. The highest BCUT2D eigenvalue weighted by Gasteiger charge is 2.13. The van der Waals surface area contributed by atoms with Crippen molar-refractivity contribution in [3.63, 3.8) is 0 Å². The summed E-state index contributed by atoms with van der Waals surface area (Å²) in [5, 5.41) is 9.31. The molecule has 2 heterocycles. The number of fused-ring (bicyclic) bond motifs is 1. The smallest absolute Gasteiger partial charge is 0.352 e. The highest BCUT2D eigenvalue weighted by Crippen LogP contribution is 2.29. The van der Waals surface area contributed by atoms with Crippen LogP contribution in [-0.2, 0) is 0 Å². The van der Waals surface area contributed by atoms with Crippen LogP contribution in [-0.4, -0.2) is 21.0 Å². The Hall–Kier alpha value is -2.56. The van der Waals surface area contributed by atoms with E-state index < -0.39 is 5.97 Å². The largest absolute Gasteiger partial charge is 0.477 e. The Kier molecular flexibility index (Phi) is 2.19. The Morgan fingerprint density at radius 3 is 2.78 bits per heavy atom. The topological polar surface area (TPSA) is 68.9 Å². The maximum Gasteiger partial charge on any atom is 0.352 e. The van der Waals surface area contributed by atoms with E-state index in [9.17, 15) is 9.18 Å². The van der Waals surface area contributed by atoms with Gasteiger partial charge in [0, 0.05) is 28.4 Å². The van der Waals surface area contributed by atoms with Gasteiger partial charge in [-0.25, -0.2) is 9.18 Å². The van der Waals surface area contributed by atoms with Crippen LogP contribution < -0.4 is 0 Å². The molecule has 0 spiro atoms. The molecule has 0 unspecified atom stereocenters. The van der Waals surface area contributed by atoms with E-state index >= 15 is 0 Å². The minimum atomic E-state index is -1.04. The van der Waals surface area contributed by atoms with Gasteiger partial charge >= 0.3 is 5.97 Å². The SMILES string of the molecule is O=C(O)c1ccc(-c2c[nH]c3cccc(F)c23)[nH]1. The van der Waals surface area contributed by atoms with Crippen molar-refractivity contribution in [2.24, 2.45) is 0 Å². The van der Waals surface area contributed by atoms with Crippen molar-refractivity contribution >= 4 is 16.9 Å². The molecule has 0 saturated carbocycles. The number of halogens is 1. The van der Waals surface area contributed by atoms with Crippen molar-refractivity contribution in [2.45, 2.75) is 0 Å². The summed E-state index contributed by atoms with van der Waals surface area (Å²) >= 11 is 0. The van der Waals surface area contributed by atoms with Crippen LogP contribution in [0.3, 0.4) is 0 Å². The number of H-pyrrole nitrogens is 2. The lowest BCUT2D eigenvalue weighted by Gasteiger charge is -1.97. The predicted octanol–water partition coefficient (Wildman–Crippen LogP) is 3.00. The summed E-state index contributed by atoms with van der Waals surface area (Å²) in [5.41, 5.74) is 1.95. The molecule has 90 valence electrons. The molecule has 0 bridgehead atoms. The molecule has 5 heteroatoms. The molecule has 0 aliphatic rings. The molecule has 0 atom stereocenters. The molecule has 0 aliphatic carbocycles. The molecule has 2 aromatic heterocycles. The first-order valence-corrected chi connectivity index (χ1v) is 5.35. The van der Waals surface area contributed by atoms with Gasteiger partial charge in [0.05, 0.1) is 0 Å². The first-order valence-electron chi connectivity index (χ1n) is 5.35. The van der Waals surface area contributed by atoms with Crippen LogP contribution >= 0.6 is 0 Å². The molecule has 3 N–H and O–H groups in total. The third-order valence-corrected chi connectivity index (χ3v) is 2.86. The first-order chi connectivity index (χ1) is 8.66. The summed E-state index contributed by atoms with van der Waals surface area (Å²) in [6.45, 7) is 0. The lowest BCUT2D eigenvalue weighted by atomic mass is 10.1. The molecule has 0 amide bonds. The lowest BCUT2D eigenvalue weighted by molar-refractivity contribution is 0.0691. The highest BCUT2D eigenvalue weighted by molar-refractivity contribution is 5.96. The van der Waals surface area contributed by atoms with E-state index in [0.29, 0.717) is 22.2 Å². The van der Waals surface area contributed by atoms with Crippen LogP contribution in [0.2, 0.25) is 0 Å². The summed E-state index contributed by atoms with van der Waals surface area (Å²) in [7, 11) is 0. The van der Waals surface area contributed by atoms with Gasteiger partial charge in [-0.3, -0.25) is 0 Å². The summed E-state index contributed by atoms with van der Waals surface area (Å²) in [6, 6.07) is 7.84. The molecule has 1 aromatic carbocycles. The van der Waals surface area contributed by atoms with E-state index in [4.69, 9.17) is 5.11 Å². The van der Waals surface area contributed by atoms with Gasteiger partial charge in [0.2, 0.25) is 0 Å². The van der Waals surface area contributed by atoms with E-state index in [2.05, 4.69) is 9.97 Å². The van der Waals surface area contributed by atoms with Crippen molar-refractivity contribution in [3.8, 4) is 11.3 Å². The standard InChI is InChI=1S/C13H9FN2O2/c14-8-2-1-3-10-12(8)7(6-15-10)9-4-5-11(16-9)13(17)18/h1-6,15-16H,(H,17,18). The van der Waals surface area contributed by atoms with E-state index in [0.717, 1.165) is 0 Å². The van der Waals surface area contributed by atoms with Crippen LogP contribution in [0.5, 0.6) is 0 Å². The number of hydrogen-bond donors (Lipinski definition) is 3. The van der Waals surface area contributed by atoms with E-state index in [1.54, 1.807) is 24.4 Å². The number of carboxylic acids is 1. The monoisotopic (exact) mass is 244 g/mol. The maximum atomic E-state index is 13.8. The predicted molar refractivity (Wildman–Crippen MR) is 65.0 cm³/mol. The minimum absolute atomic E-state index is 0.0793. The van der Waals surface area contributed by atoms with Gasteiger partial charge < -0.3 is 15.1 Å². The van der Waals surface area contributed by atoms with Crippen molar-refractivity contribution < 1.29 is 14.3 Å². The Morgan fingerprint density at radius 1 is 1.22 bits per heavy atom. The Bertz CT molecular complexity index is 742. The summed E-state index contributed by atoms with van der Waals surface area (Å²) in [4.78, 5) is 16.5. The van der Waals surface area contributed by atoms with Gasteiger partial charge in [0.1, 0.15) is 11.5 Å². The second-order valence-electron chi connectivity index (χ2n) is 3.96. The molecule has 0 radical (unpaired) electrons. The van der Waals surface area contributed by atoms with Crippen molar-refractivity contribution in [3.05, 3.63) is 48.0 Å². The normalized spacial score (nSPS) is 10.9. The molecule has 3 aromatic rings. The fourth-order valence-electron chi connectivity index (χ4n) is 2.03. The van der Waals surface area contributed by atoms with Crippen LogP contribution in [0.1, 0.15) is 10.5 Å². The quantitative estimate of drug-likeness (QED) is 0.648. The number of carbonyl (C=O) groups is 1. The van der Waals surface area contributed by atoms with Gasteiger partial charge in [0.25, 0.3) is 0 Å². The number of aromatic amines is 2. The number of hydrogen-bond acceptors (Lipinski definition) is 1. The molecular weight excluding hydrogens is 235 g/mol. The Balaban J connectivity index is 2.22. The zero-order valence-electron chi connectivity index (χ0n) is 9.20. The van der Waals surface area contributed by atoms with Crippen LogP contribution in [0.25, 0.3) is 22.2 Å². The average molecular weight is 244 g/mol. The highest BCUT2D eigenvalue weighted by atomic mass is 19.1. The van der Waals surface area contributed by atoms with Crippen LogP contribution in [0, 0.1) is 5.82 Å². The van der Waals surface area contributed by atoms with Crippen molar-refractivity contribution in [2.75, 3.05) is 0 Å². The van der Waals surface area contributed by atoms with Gasteiger partial charge in [-0.15, -0.1) is 0 Å². The third kappa shape index (κ3) is 1.48.